The van der Waals surface area contributed by atoms with E-state index in [1.54, 1.807) is 0 Å². The smallest absolute Gasteiger partial charge is 0.0640 e. The Balaban J connectivity index is 1.16. The molecule has 1 aromatic heterocycles. The number of fused-ring (bicyclic) bond motifs is 6. The van der Waals surface area contributed by atoms with Gasteiger partial charge in [-0.2, -0.15) is 0 Å². The first-order chi connectivity index (χ1) is 25.8. The van der Waals surface area contributed by atoms with E-state index in [0.29, 0.717) is 0 Å². The van der Waals surface area contributed by atoms with Crippen LogP contribution in [-0.4, -0.2) is 0 Å². The Kier molecular flexibility index (Phi) is 7.41. The summed E-state index contributed by atoms with van der Waals surface area (Å²) < 4.78 is 2.60. The van der Waals surface area contributed by atoms with Gasteiger partial charge in [0.25, 0.3) is 0 Å². The zero-order valence-corrected chi connectivity index (χ0v) is 29.2. The molecule has 0 radical (unpaired) electrons. The molecule has 0 bridgehead atoms. The van der Waals surface area contributed by atoms with Gasteiger partial charge in [-0.1, -0.05) is 164 Å². The zero-order valence-electron chi connectivity index (χ0n) is 28.4. The summed E-state index contributed by atoms with van der Waals surface area (Å²) in [6.07, 6.45) is 0. The highest BCUT2D eigenvalue weighted by Gasteiger charge is 2.21. The largest absolute Gasteiger partial charge is 0.309 e. The van der Waals surface area contributed by atoms with Gasteiger partial charge in [0, 0.05) is 32.2 Å². The quantitative estimate of drug-likeness (QED) is 0.169. The first-order valence-corrected chi connectivity index (χ1v) is 18.6. The maximum absolute atomic E-state index is 2.44. The topological polar surface area (TPSA) is 3.24 Å². The van der Waals surface area contributed by atoms with E-state index in [0.717, 1.165) is 11.4 Å². The van der Waals surface area contributed by atoms with Gasteiger partial charge in [-0.3, -0.25) is 0 Å². The fraction of sp³-hybridized carbons (Fsp3) is 0. The van der Waals surface area contributed by atoms with Crippen molar-refractivity contribution >= 4 is 70.1 Å². The lowest BCUT2D eigenvalue weighted by molar-refractivity contribution is 1.30. The van der Waals surface area contributed by atoms with Gasteiger partial charge in [-0.15, -0.1) is 11.3 Å². The van der Waals surface area contributed by atoms with Crippen LogP contribution >= 0.6 is 11.3 Å². The summed E-state index contributed by atoms with van der Waals surface area (Å²) in [6.45, 7) is 0. The number of anilines is 3. The average molecular weight is 680 g/mol. The fourth-order valence-electron chi connectivity index (χ4n) is 7.78. The van der Waals surface area contributed by atoms with E-state index < -0.39 is 0 Å². The molecule has 0 aliphatic carbocycles. The molecule has 1 nitrogen and oxygen atoms in total. The van der Waals surface area contributed by atoms with Gasteiger partial charge in [-0.25, -0.2) is 0 Å². The van der Waals surface area contributed by atoms with Crippen molar-refractivity contribution in [2.24, 2.45) is 0 Å². The second kappa shape index (κ2) is 12.7. The van der Waals surface area contributed by atoms with Crippen LogP contribution in [-0.2, 0) is 0 Å². The molecule has 0 spiro atoms. The Hall–Kier alpha value is -6.48. The van der Waals surface area contributed by atoms with Gasteiger partial charge < -0.3 is 4.90 Å². The summed E-state index contributed by atoms with van der Waals surface area (Å²) in [7, 11) is 0. The van der Waals surface area contributed by atoms with Crippen molar-refractivity contribution in [1.29, 1.82) is 0 Å². The van der Waals surface area contributed by atoms with E-state index in [1.165, 1.54) is 80.8 Å². The highest BCUT2D eigenvalue weighted by Crippen LogP contribution is 2.49. The molecule has 0 N–H and O–H groups in total. The third-order valence-corrected chi connectivity index (χ3v) is 11.5. The van der Waals surface area contributed by atoms with Gasteiger partial charge in [0.1, 0.15) is 0 Å². The number of benzene rings is 9. The van der Waals surface area contributed by atoms with Crippen molar-refractivity contribution in [3.05, 3.63) is 200 Å². The molecule has 0 saturated heterocycles. The van der Waals surface area contributed by atoms with E-state index in [4.69, 9.17) is 0 Å². The number of rotatable bonds is 6. The molecular formula is C50H33NS. The Morgan fingerprint density at radius 1 is 0.308 bits per heavy atom. The average Bonchev–Trinajstić information content (AvgIpc) is 3.61. The Bertz CT molecular complexity index is 2880. The third-order valence-electron chi connectivity index (χ3n) is 10.2. The second-order valence-electron chi connectivity index (χ2n) is 13.3. The van der Waals surface area contributed by atoms with Gasteiger partial charge in [0.15, 0.2) is 0 Å². The number of nitrogens with zero attached hydrogens (tertiary/aromatic N) is 1. The highest BCUT2D eigenvalue weighted by atomic mass is 32.1. The SMILES string of the molecule is c1ccc(-c2ccc(-c3cccc(N(c4ccccc4)c4cccc5c4sc4c6ccccc6c(-c6cccc7ccccc67)cc54)c3)cc2)cc1. The maximum atomic E-state index is 2.44. The van der Waals surface area contributed by atoms with Crippen molar-refractivity contribution in [2.45, 2.75) is 0 Å². The van der Waals surface area contributed by atoms with Crippen LogP contribution in [0.5, 0.6) is 0 Å². The van der Waals surface area contributed by atoms with Crippen LogP contribution in [0.3, 0.4) is 0 Å². The lowest BCUT2D eigenvalue weighted by Gasteiger charge is -2.26. The molecule has 0 fully saturated rings. The minimum absolute atomic E-state index is 1.13. The third kappa shape index (κ3) is 5.16. The minimum atomic E-state index is 1.13. The molecule has 10 aromatic rings. The van der Waals surface area contributed by atoms with E-state index >= 15 is 0 Å². The lowest BCUT2D eigenvalue weighted by Crippen LogP contribution is -2.10. The van der Waals surface area contributed by atoms with Crippen molar-refractivity contribution in [1.82, 2.24) is 0 Å². The molecular weight excluding hydrogens is 647 g/mol. The summed E-state index contributed by atoms with van der Waals surface area (Å²) >= 11 is 1.90. The van der Waals surface area contributed by atoms with Crippen molar-refractivity contribution in [3.8, 4) is 33.4 Å². The predicted molar refractivity (Wildman–Crippen MR) is 225 cm³/mol. The molecule has 10 rings (SSSR count). The zero-order chi connectivity index (χ0) is 34.4. The molecule has 9 aromatic carbocycles. The van der Waals surface area contributed by atoms with Crippen LogP contribution < -0.4 is 4.90 Å². The number of thiophene rings is 1. The summed E-state index contributed by atoms with van der Waals surface area (Å²) in [5.41, 5.74) is 10.8. The Morgan fingerprint density at radius 2 is 0.846 bits per heavy atom. The van der Waals surface area contributed by atoms with Crippen molar-refractivity contribution in [2.75, 3.05) is 4.90 Å². The molecule has 0 saturated carbocycles. The molecule has 0 unspecified atom stereocenters. The fourth-order valence-corrected chi connectivity index (χ4v) is 9.10. The van der Waals surface area contributed by atoms with Crippen LogP contribution in [0.15, 0.2) is 200 Å². The molecule has 0 aliphatic rings. The van der Waals surface area contributed by atoms with Gasteiger partial charge in [0.05, 0.1) is 10.4 Å². The molecule has 0 aliphatic heterocycles. The summed E-state index contributed by atoms with van der Waals surface area (Å²) in [5.74, 6) is 0. The number of hydrogen-bond donors (Lipinski definition) is 0. The highest BCUT2D eigenvalue weighted by molar-refractivity contribution is 7.27. The van der Waals surface area contributed by atoms with Crippen LogP contribution in [0.25, 0.3) is 75.1 Å². The number of hydrogen-bond acceptors (Lipinski definition) is 2. The van der Waals surface area contributed by atoms with Crippen LogP contribution in [0.4, 0.5) is 17.1 Å². The molecule has 2 heteroatoms. The van der Waals surface area contributed by atoms with E-state index in [1.807, 2.05) is 11.3 Å². The molecule has 0 atom stereocenters. The number of para-hydroxylation sites is 1. The van der Waals surface area contributed by atoms with Crippen LogP contribution in [0.1, 0.15) is 0 Å². The predicted octanol–water partition coefficient (Wildman–Crippen LogP) is 14.8. The van der Waals surface area contributed by atoms with Crippen LogP contribution in [0.2, 0.25) is 0 Å². The summed E-state index contributed by atoms with van der Waals surface area (Å²) in [5, 5.41) is 7.68. The summed E-state index contributed by atoms with van der Waals surface area (Å²) in [6, 6.07) is 72.7. The van der Waals surface area contributed by atoms with Crippen LogP contribution in [0, 0.1) is 0 Å². The molecule has 0 amide bonds. The normalized spacial score (nSPS) is 11.5. The van der Waals surface area contributed by atoms with E-state index in [9.17, 15) is 0 Å². The van der Waals surface area contributed by atoms with Gasteiger partial charge in [-0.05, 0) is 85.9 Å². The first kappa shape index (κ1) is 30.4. The molecule has 52 heavy (non-hydrogen) atoms. The Morgan fingerprint density at radius 3 is 1.65 bits per heavy atom. The monoisotopic (exact) mass is 679 g/mol. The minimum Gasteiger partial charge on any atom is -0.309 e. The molecule has 244 valence electrons. The summed E-state index contributed by atoms with van der Waals surface area (Å²) in [4.78, 5) is 2.42. The maximum Gasteiger partial charge on any atom is 0.0640 e. The van der Waals surface area contributed by atoms with Gasteiger partial charge >= 0.3 is 0 Å². The lowest BCUT2D eigenvalue weighted by atomic mass is 9.92. The second-order valence-corrected chi connectivity index (χ2v) is 14.3. The van der Waals surface area contributed by atoms with Gasteiger partial charge in [0.2, 0.25) is 0 Å². The van der Waals surface area contributed by atoms with E-state index in [-0.39, 0.29) is 0 Å². The molecule has 1 heterocycles. The van der Waals surface area contributed by atoms with Crippen molar-refractivity contribution in [3.63, 3.8) is 0 Å². The van der Waals surface area contributed by atoms with E-state index in [2.05, 4.69) is 205 Å². The Labute approximate surface area is 307 Å². The van der Waals surface area contributed by atoms with Crippen molar-refractivity contribution < 1.29 is 0 Å². The first-order valence-electron chi connectivity index (χ1n) is 17.8. The standard InChI is InChI=1S/C50H33NS/c1-3-14-34(15-4-1)35-28-30-36(31-29-35)38-18-11-21-40(32-38)51(39-19-5-2-6-20-39)48-27-13-26-45-47-33-46(42-25-12-17-37-16-7-8-22-41(37)42)43-23-9-10-24-44(43)49(47)52-50(45)48/h1-33H.